The number of aliphatic carboxylic acids is 1. The lowest BCUT2D eigenvalue weighted by atomic mass is 10.0. The van der Waals surface area contributed by atoms with Gasteiger partial charge in [0.2, 0.25) is 0 Å². The predicted molar refractivity (Wildman–Crippen MR) is 73.0 cm³/mol. The third kappa shape index (κ3) is 6.59. The highest BCUT2D eigenvalue weighted by molar-refractivity contribution is 7.98. The maximum atomic E-state index is 11.6. The zero-order valence-electron chi connectivity index (χ0n) is 11.4. The minimum absolute atomic E-state index is 0.0624. The van der Waals surface area contributed by atoms with E-state index in [2.05, 4.69) is 4.99 Å². The van der Waals surface area contributed by atoms with Crippen molar-refractivity contribution < 1.29 is 40.5 Å². The van der Waals surface area contributed by atoms with Gasteiger partial charge in [-0.2, -0.15) is 11.8 Å². The summed E-state index contributed by atoms with van der Waals surface area (Å²) in [5.41, 5.74) is 0. The van der Waals surface area contributed by atoms with Crippen LogP contribution in [0.2, 0.25) is 0 Å². The van der Waals surface area contributed by atoms with Gasteiger partial charge in [-0.05, 0) is 24.3 Å². The number of aliphatic imine (C=N–C) groups is 1. The summed E-state index contributed by atoms with van der Waals surface area (Å²) in [6.45, 7) is -0.887. The van der Waals surface area contributed by atoms with Crippen molar-refractivity contribution in [1.29, 1.82) is 0 Å². The molecule has 0 saturated heterocycles. The normalized spacial score (nSPS) is 19.6. The highest BCUT2D eigenvalue weighted by Crippen LogP contribution is 2.09. The number of hydrogen-bond donors (Lipinski definition) is 6. The van der Waals surface area contributed by atoms with Crippen molar-refractivity contribution in [3.63, 3.8) is 0 Å². The first-order valence-electron chi connectivity index (χ1n) is 6.05. The molecule has 0 heterocycles. The number of nitrogens with zero attached hydrogens (tertiary/aromatic N) is 1. The van der Waals surface area contributed by atoms with E-state index >= 15 is 0 Å². The fraction of sp³-hybridized carbons (Fsp3) is 0.818. The van der Waals surface area contributed by atoms with E-state index in [4.69, 9.17) is 15.3 Å². The molecular weight excluding hydrogens is 306 g/mol. The van der Waals surface area contributed by atoms with E-state index < -0.39 is 48.9 Å². The first kappa shape index (κ1) is 20.1. The molecule has 0 bridgehead atoms. The van der Waals surface area contributed by atoms with Crippen LogP contribution in [-0.4, -0.2) is 91.6 Å². The first-order chi connectivity index (χ1) is 9.76. The fourth-order valence-electron chi connectivity index (χ4n) is 1.37. The Bertz CT molecular complexity index is 353. The van der Waals surface area contributed by atoms with Gasteiger partial charge in [0, 0.05) is 0 Å². The lowest BCUT2D eigenvalue weighted by Gasteiger charge is -2.29. The Morgan fingerprint density at radius 3 is 2.24 bits per heavy atom. The number of rotatable bonds is 10. The Kier molecular flexibility index (Phi) is 9.49. The van der Waals surface area contributed by atoms with E-state index in [1.807, 2.05) is 0 Å². The van der Waals surface area contributed by atoms with Crippen molar-refractivity contribution in [2.45, 2.75) is 36.9 Å². The van der Waals surface area contributed by atoms with Gasteiger partial charge >= 0.3 is 5.97 Å². The molecule has 21 heavy (non-hydrogen) atoms. The maximum absolute atomic E-state index is 11.6. The highest BCUT2D eigenvalue weighted by atomic mass is 32.2. The summed E-state index contributed by atoms with van der Waals surface area (Å²) in [5, 5.41) is 66.5. The third-order valence-electron chi connectivity index (χ3n) is 2.67. The molecule has 0 aromatic heterocycles. The molecular formula is C11H20NO8S-. The fourth-order valence-corrected chi connectivity index (χ4v) is 1.83. The molecule has 10 heteroatoms. The molecule has 9 nitrogen and oxygen atoms in total. The van der Waals surface area contributed by atoms with Gasteiger partial charge in [0.05, 0.1) is 6.61 Å². The van der Waals surface area contributed by atoms with Crippen LogP contribution in [0.5, 0.6) is 0 Å². The summed E-state index contributed by atoms with van der Waals surface area (Å²) in [7, 11) is 0. The SMILES string of the molecule is CSCC[C@H](N=C([O-])[C@H](O)[C@@H](O)[C@H](O)[C@H](O)CO)C(=O)O. The number of carboxylic acid groups (broad SMARTS) is 1. The van der Waals surface area contributed by atoms with E-state index in [-0.39, 0.29) is 6.42 Å². The molecule has 0 rings (SSSR count). The molecule has 0 unspecified atom stereocenters. The number of aliphatic hydroxyl groups is 5. The van der Waals surface area contributed by atoms with E-state index in [1.54, 1.807) is 6.26 Å². The Morgan fingerprint density at radius 1 is 1.24 bits per heavy atom. The molecule has 0 aliphatic rings. The van der Waals surface area contributed by atoms with Crippen molar-refractivity contribution in [1.82, 2.24) is 0 Å². The largest absolute Gasteiger partial charge is 0.860 e. The third-order valence-corrected chi connectivity index (χ3v) is 3.32. The summed E-state index contributed by atoms with van der Waals surface area (Å²) in [6, 6.07) is -1.37. The quantitative estimate of drug-likeness (QED) is 0.175. The van der Waals surface area contributed by atoms with Crippen molar-refractivity contribution in [2.75, 3.05) is 18.6 Å². The van der Waals surface area contributed by atoms with Gasteiger partial charge in [0.1, 0.15) is 30.5 Å². The van der Waals surface area contributed by atoms with Gasteiger partial charge in [0.25, 0.3) is 0 Å². The van der Waals surface area contributed by atoms with Crippen molar-refractivity contribution in [3.05, 3.63) is 0 Å². The van der Waals surface area contributed by atoms with Crippen LogP contribution in [0.15, 0.2) is 4.99 Å². The van der Waals surface area contributed by atoms with Crippen molar-refractivity contribution in [3.8, 4) is 0 Å². The monoisotopic (exact) mass is 326 g/mol. The Balaban J connectivity index is 4.89. The molecule has 0 aliphatic heterocycles. The zero-order chi connectivity index (χ0) is 16.6. The molecule has 6 N–H and O–H groups in total. The minimum Gasteiger partial charge on any atom is -0.860 e. The van der Waals surface area contributed by atoms with E-state index in [0.717, 1.165) is 0 Å². The molecule has 0 spiro atoms. The Morgan fingerprint density at radius 2 is 1.81 bits per heavy atom. The summed E-state index contributed by atoms with van der Waals surface area (Å²) < 4.78 is 0. The molecule has 0 aromatic rings. The summed E-state index contributed by atoms with van der Waals surface area (Å²) >= 11 is 1.35. The topological polar surface area (TPSA) is 174 Å². The van der Waals surface area contributed by atoms with Gasteiger partial charge < -0.3 is 35.7 Å². The van der Waals surface area contributed by atoms with E-state index in [0.29, 0.717) is 5.75 Å². The first-order valence-corrected chi connectivity index (χ1v) is 7.45. The highest BCUT2D eigenvalue weighted by Gasteiger charge is 2.30. The Labute approximate surface area is 125 Å². The lowest BCUT2D eigenvalue weighted by molar-refractivity contribution is -0.237. The van der Waals surface area contributed by atoms with Crippen LogP contribution < -0.4 is 5.11 Å². The van der Waals surface area contributed by atoms with Gasteiger partial charge in [-0.3, -0.25) is 4.99 Å². The second-order valence-corrected chi connectivity index (χ2v) is 5.26. The smallest absolute Gasteiger partial charge is 0.328 e. The molecule has 0 radical (unpaired) electrons. The van der Waals surface area contributed by atoms with Crippen molar-refractivity contribution in [2.24, 2.45) is 4.99 Å². The molecule has 0 aliphatic carbocycles. The molecule has 0 amide bonds. The molecule has 0 saturated carbocycles. The second-order valence-electron chi connectivity index (χ2n) is 4.28. The minimum atomic E-state index is -2.20. The number of carbonyl (C=O) groups is 1. The molecule has 124 valence electrons. The number of hydrogen-bond acceptors (Lipinski definition) is 9. The molecule has 0 aromatic carbocycles. The summed E-state index contributed by atoms with van der Waals surface area (Å²) in [4.78, 5) is 14.2. The van der Waals surface area contributed by atoms with E-state index in [1.165, 1.54) is 11.8 Å². The lowest BCUT2D eigenvalue weighted by Crippen LogP contribution is -2.52. The molecule has 5 atom stereocenters. The van der Waals surface area contributed by atoms with Gasteiger partial charge in [-0.15, -0.1) is 0 Å². The second kappa shape index (κ2) is 9.92. The van der Waals surface area contributed by atoms with Crippen LogP contribution in [0.4, 0.5) is 0 Å². The number of thioether (sulfide) groups is 1. The van der Waals surface area contributed by atoms with Crippen LogP contribution in [0, 0.1) is 0 Å². The van der Waals surface area contributed by atoms with Crippen LogP contribution in [0.1, 0.15) is 6.42 Å². The van der Waals surface area contributed by atoms with Crippen LogP contribution >= 0.6 is 11.8 Å². The van der Waals surface area contributed by atoms with E-state index in [9.17, 15) is 25.2 Å². The van der Waals surface area contributed by atoms with Gasteiger partial charge in [-0.1, -0.05) is 0 Å². The summed E-state index contributed by atoms with van der Waals surface area (Å²) in [5.74, 6) is -2.24. The van der Waals surface area contributed by atoms with Crippen LogP contribution in [0.25, 0.3) is 0 Å². The van der Waals surface area contributed by atoms with Crippen LogP contribution in [0.3, 0.4) is 0 Å². The summed E-state index contributed by atoms with van der Waals surface area (Å²) in [6.07, 6.45) is -6.22. The number of aliphatic hydroxyl groups excluding tert-OH is 5. The standard InChI is InChI=1S/C11H21NO8S/c1-21-3-2-5(11(19)20)12-10(18)9(17)8(16)7(15)6(14)4-13/h5-9,13-17H,2-4H2,1H3,(H,12,18)(H,19,20)/p-1/t5-,6+,7+,8-,9+/m0/s1. The van der Waals surface area contributed by atoms with Gasteiger partial charge in [-0.25, -0.2) is 4.79 Å². The zero-order valence-corrected chi connectivity index (χ0v) is 12.2. The maximum Gasteiger partial charge on any atom is 0.328 e. The van der Waals surface area contributed by atoms with Crippen molar-refractivity contribution >= 4 is 23.6 Å². The average Bonchev–Trinajstić information content (AvgIpc) is 2.47. The van der Waals surface area contributed by atoms with Crippen LogP contribution in [-0.2, 0) is 4.79 Å². The predicted octanol–water partition coefficient (Wildman–Crippen LogP) is -3.61. The number of carboxylic acids is 1. The Hall–Kier alpha value is -0.910. The molecule has 0 fully saturated rings. The average molecular weight is 326 g/mol. The van der Waals surface area contributed by atoms with Gasteiger partial charge in [0.15, 0.2) is 0 Å².